The quantitative estimate of drug-likeness (QED) is 0.633. The van der Waals surface area contributed by atoms with Gasteiger partial charge in [0.1, 0.15) is 5.82 Å². The van der Waals surface area contributed by atoms with Crippen molar-refractivity contribution in [3.8, 4) is 0 Å². The van der Waals surface area contributed by atoms with E-state index >= 15 is 0 Å². The minimum Gasteiger partial charge on any atom is -0.354 e. The highest BCUT2D eigenvalue weighted by molar-refractivity contribution is 5.81. The SMILES string of the molecule is Cc1c([C@@H](C)N=c2nc3n(c4cnc(N5CCN(C)CC5)cc24)CCN3)cccc1C(F)(F)F. The molecule has 2 aliphatic rings. The molecule has 0 saturated carbocycles. The van der Waals surface area contributed by atoms with E-state index in [2.05, 4.69) is 26.7 Å². The number of likely N-dealkylation sites (N-methyl/N-ethyl adjacent to an activating group) is 1. The van der Waals surface area contributed by atoms with Crippen molar-refractivity contribution in [3.05, 3.63) is 52.6 Å². The summed E-state index contributed by atoms with van der Waals surface area (Å²) in [6, 6.07) is 5.78. The molecule has 1 atom stereocenters. The van der Waals surface area contributed by atoms with Crippen LogP contribution in [0.5, 0.6) is 0 Å². The van der Waals surface area contributed by atoms with Gasteiger partial charge in [0.2, 0.25) is 5.95 Å². The first-order chi connectivity index (χ1) is 16.2. The summed E-state index contributed by atoms with van der Waals surface area (Å²) in [7, 11) is 2.11. The van der Waals surface area contributed by atoms with Gasteiger partial charge < -0.3 is 19.7 Å². The maximum Gasteiger partial charge on any atom is 0.416 e. The summed E-state index contributed by atoms with van der Waals surface area (Å²) < 4.78 is 42.4. The topological polar surface area (TPSA) is 61.6 Å². The Balaban J connectivity index is 1.62. The van der Waals surface area contributed by atoms with Gasteiger partial charge in [-0.2, -0.15) is 18.2 Å². The summed E-state index contributed by atoms with van der Waals surface area (Å²) in [5, 5.41) is 4.12. The van der Waals surface area contributed by atoms with Gasteiger partial charge in [-0.25, -0.2) is 4.98 Å². The summed E-state index contributed by atoms with van der Waals surface area (Å²) >= 11 is 0. The molecule has 1 saturated heterocycles. The van der Waals surface area contributed by atoms with Crippen LogP contribution >= 0.6 is 0 Å². The zero-order valence-electron chi connectivity index (χ0n) is 19.5. The van der Waals surface area contributed by atoms with Crippen molar-refractivity contribution in [2.75, 3.05) is 50.0 Å². The van der Waals surface area contributed by atoms with Crippen molar-refractivity contribution < 1.29 is 13.2 Å². The van der Waals surface area contributed by atoms with Crippen LogP contribution in [0, 0.1) is 6.92 Å². The molecule has 1 aromatic carbocycles. The summed E-state index contributed by atoms with van der Waals surface area (Å²) in [5.41, 5.74) is 1.54. The minimum absolute atomic E-state index is 0.198. The molecule has 2 aliphatic heterocycles. The predicted molar refractivity (Wildman–Crippen MR) is 126 cm³/mol. The second-order valence-corrected chi connectivity index (χ2v) is 9.01. The van der Waals surface area contributed by atoms with Crippen LogP contribution in [0.3, 0.4) is 0 Å². The number of benzene rings is 1. The van der Waals surface area contributed by atoms with Crippen molar-refractivity contribution in [2.24, 2.45) is 4.99 Å². The molecule has 180 valence electrons. The Hall–Kier alpha value is -3.14. The summed E-state index contributed by atoms with van der Waals surface area (Å²) in [5.74, 6) is 1.57. The first kappa shape index (κ1) is 22.6. The molecule has 34 heavy (non-hydrogen) atoms. The van der Waals surface area contributed by atoms with E-state index in [9.17, 15) is 13.2 Å². The van der Waals surface area contributed by atoms with E-state index < -0.39 is 17.8 Å². The fourth-order valence-corrected chi connectivity index (χ4v) is 4.78. The Morgan fingerprint density at radius 2 is 1.88 bits per heavy atom. The molecule has 4 heterocycles. The van der Waals surface area contributed by atoms with Crippen molar-refractivity contribution in [1.29, 1.82) is 0 Å². The molecule has 0 spiro atoms. The van der Waals surface area contributed by atoms with Gasteiger partial charge in [0, 0.05) is 44.7 Å². The molecule has 3 aromatic rings. The number of alkyl halides is 3. The van der Waals surface area contributed by atoms with Crippen LogP contribution in [0.2, 0.25) is 0 Å². The van der Waals surface area contributed by atoms with Crippen LogP contribution in [-0.2, 0) is 12.7 Å². The number of aromatic nitrogens is 3. The van der Waals surface area contributed by atoms with Gasteiger partial charge in [-0.05, 0) is 44.2 Å². The standard InChI is InChI=1S/C24H28F3N7/c1-15-17(5-4-6-19(15)24(25,26)27)16(2)30-22-18-13-21(33-11-9-32(3)10-12-33)29-14-20(18)34-8-7-28-23(34)31-22/h4-6,13-14,16H,7-12H2,1-3H3,(H,28,30,31)/t16-/m1/s1. The highest BCUT2D eigenvalue weighted by Gasteiger charge is 2.33. The molecule has 0 bridgehead atoms. The molecule has 1 fully saturated rings. The van der Waals surface area contributed by atoms with Crippen LogP contribution in [-0.4, -0.2) is 59.2 Å². The first-order valence-electron chi connectivity index (χ1n) is 11.5. The largest absolute Gasteiger partial charge is 0.416 e. The number of anilines is 2. The second kappa shape index (κ2) is 8.57. The number of hydrogen-bond donors (Lipinski definition) is 1. The lowest BCUT2D eigenvalue weighted by Gasteiger charge is -2.33. The van der Waals surface area contributed by atoms with Gasteiger partial charge >= 0.3 is 6.18 Å². The van der Waals surface area contributed by atoms with Gasteiger partial charge in [0.05, 0.1) is 23.3 Å². The lowest BCUT2D eigenvalue weighted by atomic mass is 9.97. The maximum atomic E-state index is 13.5. The third-order valence-corrected chi connectivity index (χ3v) is 6.76. The lowest BCUT2D eigenvalue weighted by Crippen LogP contribution is -2.44. The third kappa shape index (κ3) is 4.11. The number of nitrogens with zero attached hydrogens (tertiary/aromatic N) is 6. The Labute approximate surface area is 196 Å². The van der Waals surface area contributed by atoms with E-state index in [4.69, 9.17) is 15.0 Å². The molecule has 0 radical (unpaired) electrons. The fourth-order valence-electron chi connectivity index (χ4n) is 4.78. The van der Waals surface area contributed by atoms with Crippen molar-refractivity contribution in [3.63, 3.8) is 0 Å². The number of piperazine rings is 1. The Morgan fingerprint density at radius 1 is 1.12 bits per heavy atom. The molecule has 0 aliphatic carbocycles. The van der Waals surface area contributed by atoms with E-state index in [0.717, 1.165) is 62.1 Å². The van der Waals surface area contributed by atoms with Crippen LogP contribution in [0.15, 0.2) is 35.5 Å². The van der Waals surface area contributed by atoms with Gasteiger partial charge in [-0.1, -0.05) is 12.1 Å². The number of rotatable bonds is 3. The van der Waals surface area contributed by atoms with E-state index in [-0.39, 0.29) is 5.56 Å². The lowest BCUT2D eigenvalue weighted by molar-refractivity contribution is -0.138. The van der Waals surface area contributed by atoms with E-state index in [1.165, 1.54) is 13.0 Å². The molecular formula is C24H28F3N7. The first-order valence-corrected chi connectivity index (χ1v) is 11.5. The zero-order chi connectivity index (χ0) is 24.0. The molecule has 5 rings (SSSR count). The summed E-state index contributed by atoms with van der Waals surface area (Å²) in [4.78, 5) is 18.8. The van der Waals surface area contributed by atoms with Gasteiger partial charge in [-0.3, -0.25) is 4.99 Å². The third-order valence-electron chi connectivity index (χ3n) is 6.76. The number of fused-ring (bicyclic) bond motifs is 3. The maximum absolute atomic E-state index is 13.5. The fraction of sp³-hybridized carbons (Fsp3) is 0.458. The molecular weight excluding hydrogens is 443 g/mol. The summed E-state index contributed by atoms with van der Waals surface area (Å²) in [6.07, 6.45) is -2.54. The van der Waals surface area contributed by atoms with Crippen molar-refractivity contribution >= 4 is 22.7 Å². The number of nitrogens with one attached hydrogen (secondary N) is 1. The number of halogens is 3. The monoisotopic (exact) mass is 471 g/mol. The molecule has 2 aromatic heterocycles. The Kier molecular flexibility index (Phi) is 5.71. The van der Waals surface area contributed by atoms with Gasteiger partial charge in [0.25, 0.3) is 0 Å². The number of pyridine rings is 1. The minimum atomic E-state index is -4.40. The molecule has 1 N–H and O–H groups in total. The van der Waals surface area contributed by atoms with Gasteiger partial charge in [0.15, 0.2) is 5.49 Å². The second-order valence-electron chi connectivity index (χ2n) is 9.01. The van der Waals surface area contributed by atoms with Crippen molar-refractivity contribution in [1.82, 2.24) is 19.4 Å². The molecule has 10 heteroatoms. The Bertz CT molecular complexity index is 1290. The van der Waals surface area contributed by atoms with Crippen LogP contribution in [0.1, 0.15) is 29.7 Å². The molecule has 0 amide bonds. The van der Waals surface area contributed by atoms with Crippen LogP contribution in [0.25, 0.3) is 10.9 Å². The molecule has 0 unspecified atom stereocenters. The summed E-state index contributed by atoms with van der Waals surface area (Å²) in [6.45, 7) is 8.54. The normalized spacial score (nSPS) is 18.3. The van der Waals surface area contributed by atoms with Gasteiger partial charge in [-0.15, -0.1) is 0 Å². The number of hydrogen-bond acceptors (Lipinski definition) is 6. The highest BCUT2D eigenvalue weighted by atomic mass is 19.4. The molecule has 7 nitrogen and oxygen atoms in total. The average molecular weight is 472 g/mol. The average Bonchev–Trinajstić information content (AvgIpc) is 3.27. The Morgan fingerprint density at radius 3 is 2.62 bits per heavy atom. The van der Waals surface area contributed by atoms with Crippen molar-refractivity contribution in [2.45, 2.75) is 32.6 Å². The van der Waals surface area contributed by atoms with E-state index in [0.29, 0.717) is 17.0 Å². The van der Waals surface area contributed by atoms with Crippen LogP contribution in [0.4, 0.5) is 24.9 Å². The van der Waals surface area contributed by atoms with E-state index in [1.54, 1.807) is 6.07 Å². The van der Waals surface area contributed by atoms with E-state index in [1.807, 2.05) is 19.2 Å². The predicted octanol–water partition coefficient (Wildman–Crippen LogP) is 3.60. The highest BCUT2D eigenvalue weighted by Crippen LogP contribution is 2.35. The smallest absolute Gasteiger partial charge is 0.354 e. The van der Waals surface area contributed by atoms with Crippen LogP contribution < -0.4 is 15.7 Å². The zero-order valence-corrected chi connectivity index (χ0v) is 19.5.